The molecule has 0 aromatic rings. The fourth-order valence-corrected chi connectivity index (χ4v) is 1.99. The lowest BCUT2D eigenvalue weighted by Gasteiger charge is -2.22. The van der Waals surface area contributed by atoms with Crippen molar-refractivity contribution in [3.8, 4) is 0 Å². The van der Waals surface area contributed by atoms with Crippen molar-refractivity contribution in [2.45, 2.75) is 44.6 Å². The number of esters is 3. The van der Waals surface area contributed by atoms with Gasteiger partial charge in [0.25, 0.3) is 0 Å². The fraction of sp³-hybridized carbons (Fsp3) is 0.727. The zero-order valence-electron chi connectivity index (χ0n) is 10.8. The molecule has 1 saturated heterocycles. The number of carbonyl (C=O) groups is 3. The highest BCUT2D eigenvalue weighted by Crippen LogP contribution is 2.29. The van der Waals surface area contributed by atoms with Crippen molar-refractivity contribution in [1.82, 2.24) is 0 Å². The molecule has 0 amide bonds. The van der Waals surface area contributed by atoms with Crippen molar-refractivity contribution in [1.29, 1.82) is 0 Å². The van der Waals surface area contributed by atoms with Gasteiger partial charge < -0.3 is 18.9 Å². The van der Waals surface area contributed by atoms with E-state index in [-0.39, 0.29) is 6.61 Å². The van der Waals surface area contributed by atoms with Gasteiger partial charge in [0.2, 0.25) is 0 Å². The van der Waals surface area contributed by atoms with E-state index in [2.05, 4.69) is 0 Å². The number of halogens is 1. The molecular weight excluding hydrogens is 280 g/mol. The van der Waals surface area contributed by atoms with Crippen molar-refractivity contribution in [2.24, 2.45) is 0 Å². The average molecular weight is 295 g/mol. The summed E-state index contributed by atoms with van der Waals surface area (Å²) in [5, 5.41) is 0. The van der Waals surface area contributed by atoms with Gasteiger partial charge >= 0.3 is 17.9 Å². The third-order valence-corrected chi connectivity index (χ3v) is 2.66. The maximum absolute atomic E-state index is 11.1. The largest absolute Gasteiger partial charge is 0.463 e. The number of hydrogen-bond donors (Lipinski definition) is 0. The van der Waals surface area contributed by atoms with Crippen molar-refractivity contribution in [3.63, 3.8) is 0 Å². The predicted octanol–water partition coefficient (Wildman–Crippen LogP) is 0.377. The summed E-state index contributed by atoms with van der Waals surface area (Å²) < 4.78 is 20.0. The zero-order chi connectivity index (χ0) is 14.6. The third-order valence-electron chi connectivity index (χ3n) is 2.31. The Kier molecular flexibility index (Phi) is 5.56. The molecule has 1 aliphatic heterocycles. The van der Waals surface area contributed by atoms with Crippen molar-refractivity contribution in [3.05, 3.63) is 0 Å². The highest BCUT2D eigenvalue weighted by Gasteiger charge is 2.48. The summed E-state index contributed by atoms with van der Waals surface area (Å²) in [5.74, 6) is -1.67. The number of ether oxygens (including phenoxy) is 4. The van der Waals surface area contributed by atoms with E-state index in [1.807, 2.05) is 0 Å². The maximum Gasteiger partial charge on any atom is 0.303 e. The van der Waals surface area contributed by atoms with Gasteiger partial charge in [-0.05, 0) is 0 Å². The molecule has 0 saturated carbocycles. The molecule has 0 aromatic carbocycles. The first-order chi connectivity index (χ1) is 8.81. The van der Waals surface area contributed by atoms with Crippen LogP contribution in [0.25, 0.3) is 0 Å². The minimum Gasteiger partial charge on any atom is -0.463 e. The first-order valence-electron chi connectivity index (χ1n) is 5.58. The van der Waals surface area contributed by atoms with E-state index in [0.717, 1.165) is 0 Å². The van der Waals surface area contributed by atoms with Crippen LogP contribution in [-0.4, -0.2) is 48.4 Å². The third kappa shape index (κ3) is 4.68. The van der Waals surface area contributed by atoms with E-state index in [1.54, 1.807) is 0 Å². The van der Waals surface area contributed by atoms with Gasteiger partial charge in [0, 0.05) is 20.8 Å². The standard InChI is InChI=1S/C11H15ClO7/c1-5(13)16-4-8-9(17-6(2)14)10(11(12)19-8)18-7(3)15/h8-11H,4H2,1-3H3/t8-,9-,10+,11-/m1/s1. The van der Waals surface area contributed by atoms with Crippen LogP contribution < -0.4 is 0 Å². The van der Waals surface area contributed by atoms with Crippen LogP contribution in [0.1, 0.15) is 20.8 Å². The molecule has 1 heterocycles. The van der Waals surface area contributed by atoms with Gasteiger partial charge in [0.15, 0.2) is 17.8 Å². The summed E-state index contributed by atoms with van der Waals surface area (Å²) in [7, 11) is 0. The topological polar surface area (TPSA) is 88.1 Å². The van der Waals surface area contributed by atoms with Gasteiger partial charge in [0.1, 0.15) is 12.7 Å². The van der Waals surface area contributed by atoms with E-state index < -0.39 is 41.8 Å². The molecule has 0 bridgehead atoms. The Hall–Kier alpha value is -1.34. The summed E-state index contributed by atoms with van der Waals surface area (Å²) in [6, 6.07) is 0. The summed E-state index contributed by atoms with van der Waals surface area (Å²) in [6.45, 7) is 3.49. The van der Waals surface area contributed by atoms with Gasteiger partial charge in [-0.15, -0.1) is 0 Å². The Morgan fingerprint density at radius 2 is 1.53 bits per heavy atom. The Bertz CT molecular complexity index is 370. The van der Waals surface area contributed by atoms with E-state index >= 15 is 0 Å². The second-order valence-corrected chi connectivity index (χ2v) is 4.41. The van der Waals surface area contributed by atoms with Crippen LogP contribution in [-0.2, 0) is 33.3 Å². The Balaban J connectivity index is 2.76. The second-order valence-electron chi connectivity index (χ2n) is 3.98. The smallest absolute Gasteiger partial charge is 0.303 e. The Morgan fingerprint density at radius 3 is 2.00 bits per heavy atom. The quantitative estimate of drug-likeness (QED) is 0.420. The predicted molar refractivity (Wildman–Crippen MR) is 62.3 cm³/mol. The summed E-state index contributed by atoms with van der Waals surface area (Å²) in [6.07, 6.45) is -2.63. The SMILES string of the molecule is CC(=O)OC[C@H]1O[C@@H](Cl)[C@@H](OC(C)=O)[C@@H]1OC(C)=O. The zero-order valence-corrected chi connectivity index (χ0v) is 11.5. The van der Waals surface area contributed by atoms with Crippen molar-refractivity contribution < 1.29 is 33.3 Å². The number of hydrogen-bond acceptors (Lipinski definition) is 7. The van der Waals surface area contributed by atoms with Gasteiger partial charge in [0.05, 0.1) is 0 Å². The van der Waals surface area contributed by atoms with Crippen LogP contribution in [0.4, 0.5) is 0 Å². The van der Waals surface area contributed by atoms with Gasteiger partial charge in [-0.2, -0.15) is 0 Å². The number of alkyl halides is 1. The minimum absolute atomic E-state index is 0.145. The summed E-state index contributed by atoms with van der Waals surface area (Å²) in [5.41, 5.74) is -0.978. The molecule has 19 heavy (non-hydrogen) atoms. The van der Waals surface area contributed by atoms with E-state index in [9.17, 15) is 14.4 Å². The fourth-order valence-electron chi connectivity index (χ4n) is 1.66. The molecule has 0 aromatic heterocycles. The number of rotatable bonds is 4. The monoisotopic (exact) mass is 294 g/mol. The molecule has 4 atom stereocenters. The molecule has 1 rings (SSSR count). The maximum atomic E-state index is 11.1. The summed E-state index contributed by atoms with van der Waals surface area (Å²) >= 11 is 5.88. The highest BCUT2D eigenvalue weighted by atomic mass is 35.5. The van der Waals surface area contributed by atoms with Crippen molar-refractivity contribution in [2.75, 3.05) is 6.61 Å². The van der Waals surface area contributed by atoms with Crippen LogP contribution in [0.2, 0.25) is 0 Å². The lowest BCUT2D eigenvalue weighted by molar-refractivity contribution is -0.165. The molecule has 1 aliphatic rings. The first kappa shape index (κ1) is 15.7. The van der Waals surface area contributed by atoms with Crippen LogP contribution in [0.3, 0.4) is 0 Å². The highest BCUT2D eigenvalue weighted by molar-refractivity contribution is 6.20. The molecular formula is C11H15ClO7. The van der Waals surface area contributed by atoms with Gasteiger partial charge in [-0.25, -0.2) is 0 Å². The summed E-state index contributed by atoms with van der Waals surface area (Å²) in [4.78, 5) is 32.8. The molecule has 0 aliphatic carbocycles. The van der Waals surface area contributed by atoms with E-state index in [4.69, 9.17) is 30.5 Å². The van der Waals surface area contributed by atoms with Crippen LogP contribution in [0.15, 0.2) is 0 Å². The van der Waals surface area contributed by atoms with Gasteiger partial charge in [-0.3, -0.25) is 14.4 Å². The van der Waals surface area contributed by atoms with E-state index in [1.165, 1.54) is 20.8 Å². The molecule has 8 heteroatoms. The first-order valence-corrected chi connectivity index (χ1v) is 6.02. The molecule has 108 valence electrons. The molecule has 7 nitrogen and oxygen atoms in total. The lowest BCUT2D eigenvalue weighted by atomic mass is 10.1. The van der Waals surface area contributed by atoms with Crippen molar-refractivity contribution >= 4 is 29.5 Å². The average Bonchev–Trinajstić information content (AvgIpc) is 2.53. The lowest BCUT2D eigenvalue weighted by Crippen LogP contribution is -2.40. The molecule has 0 N–H and O–H groups in total. The second kappa shape index (κ2) is 6.72. The molecule has 0 unspecified atom stereocenters. The van der Waals surface area contributed by atoms with Crippen LogP contribution in [0, 0.1) is 0 Å². The molecule has 0 spiro atoms. The molecule has 0 radical (unpaired) electrons. The van der Waals surface area contributed by atoms with E-state index in [0.29, 0.717) is 0 Å². The number of carbonyl (C=O) groups excluding carboxylic acids is 3. The normalized spacial score (nSPS) is 29.7. The minimum atomic E-state index is -0.978. The Labute approximate surface area is 115 Å². The Morgan fingerprint density at radius 1 is 1.00 bits per heavy atom. The van der Waals surface area contributed by atoms with Gasteiger partial charge in [-0.1, -0.05) is 11.6 Å². The van der Waals surface area contributed by atoms with Crippen LogP contribution in [0.5, 0.6) is 0 Å². The molecule has 1 fully saturated rings. The van der Waals surface area contributed by atoms with Crippen LogP contribution >= 0.6 is 11.6 Å².